The van der Waals surface area contributed by atoms with Crippen LogP contribution < -0.4 is 5.73 Å². The van der Waals surface area contributed by atoms with E-state index in [2.05, 4.69) is 6.92 Å². The van der Waals surface area contributed by atoms with Crippen LogP contribution in [0.3, 0.4) is 0 Å². The Balaban J connectivity index is 0.00000200. The molecule has 0 aromatic heterocycles. The second-order valence-corrected chi connectivity index (χ2v) is 5.79. The SMILES string of the molecule is CC(OCC1CCCO1)C(=O)N1CC(CN)CC1C.Cl. The van der Waals surface area contributed by atoms with Crippen molar-refractivity contribution in [3.63, 3.8) is 0 Å². The van der Waals surface area contributed by atoms with Crippen LogP contribution in [0.2, 0.25) is 0 Å². The summed E-state index contributed by atoms with van der Waals surface area (Å²) in [6, 6.07) is 0.273. The molecule has 20 heavy (non-hydrogen) atoms. The molecule has 0 aromatic rings. The van der Waals surface area contributed by atoms with E-state index < -0.39 is 0 Å². The lowest BCUT2D eigenvalue weighted by molar-refractivity contribution is -0.145. The fourth-order valence-corrected chi connectivity index (χ4v) is 2.95. The molecule has 118 valence electrons. The van der Waals surface area contributed by atoms with Crippen LogP contribution in [0.4, 0.5) is 0 Å². The molecule has 2 N–H and O–H groups in total. The van der Waals surface area contributed by atoms with Gasteiger partial charge in [0.1, 0.15) is 6.10 Å². The second kappa shape index (κ2) is 8.17. The minimum atomic E-state index is -0.386. The van der Waals surface area contributed by atoms with Crippen molar-refractivity contribution in [3.8, 4) is 0 Å². The molecule has 2 heterocycles. The van der Waals surface area contributed by atoms with E-state index in [9.17, 15) is 4.79 Å². The van der Waals surface area contributed by atoms with E-state index in [4.69, 9.17) is 15.2 Å². The van der Waals surface area contributed by atoms with Crippen LogP contribution in [-0.4, -0.2) is 55.4 Å². The molecule has 2 aliphatic heterocycles. The number of nitrogens with zero attached hydrogens (tertiary/aromatic N) is 1. The molecule has 0 bridgehead atoms. The van der Waals surface area contributed by atoms with Gasteiger partial charge in [-0.25, -0.2) is 0 Å². The number of rotatable bonds is 5. The summed E-state index contributed by atoms with van der Waals surface area (Å²) < 4.78 is 11.2. The van der Waals surface area contributed by atoms with Crippen molar-refractivity contribution in [1.29, 1.82) is 0 Å². The first-order valence-electron chi connectivity index (χ1n) is 7.35. The third-order valence-electron chi connectivity index (χ3n) is 4.18. The lowest BCUT2D eigenvalue weighted by atomic mass is 10.1. The van der Waals surface area contributed by atoms with Gasteiger partial charge in [0.25, 0.3) is 5.91 Å². The smallest absolute Gasteiger partial charge is 0.251 e. The van der Waals surface area contributed by atoms with Crippen LogP contribution in [0.1, 0.15) is 33.1 Å². The van der Waals surface area contributed by atoms with E-state index in [1.165, 1.54) is 0 Å². The summed E-state index contributed by atoms with van der Waals surface area (Å²) >= 11 is 0. The van der Waals surface area contributed by atoms with Crippen molar-refractivity contribution in [3.05, 3.63) is 0 Å². The lowest BCUT2D eigenvalue weighted by Gasteiger charge is -2.25. The van der Waals surface area contributed by atoms with Crippen molar-refractivity contribution in [2.24, 2.45) is 11.7 Å². The topological polar surface area (TPSA) is 64.8 Å². The molecule has 2 rings (SSSR count). The Labute approximate surface area is 127 Å². The van der Waals surface area contributed by atoms with Crippen LogP contribution in [-0.2, 0) is 14.3 Å². The number of carbonyl (C=O) groups excluding carboxylic acids is 1. The molecule has 0 aliphatic carbocycles. The number of amides is 1. The van der Waals surface area contributed by atoms with Crippen molar-refractivity contribution in [1.82, 2.24) is 4.90 Å². The van der Waals surface area contributed by atoms with Gasteiger partial charge in [0.15, 0.2) is 0 Å². The number of carbonyl (C=O) groups is 1. The van der Waals surface area contributed by atoms with Crippen LogP contribution in [0.5, 0.6) is 0 Å². The van der Waals surface area contributed by atoms with E-state index in [0.29, 0.717) is 19.1 Å². The molecule has 1 amide bonds. The molecule has 4 atom stereocenters. The average Bonchev–Trinajstić information content (AvgIpc) is 3.04. The Morgan fingerprint density at radius 1 is 1.55 bits per heavy atom. The minimum Gasteiger partial charge on any atom is -0.376 e. The second-order valence-electron chi connectivity index (χ2n) is 5.79. The third kappa shape index (κ3) is 4.32. The Kier molecular flexibility index (Phi) is 7.23. The maximum Gasteiger partial charge on any atom is 0.251 e. The molecule has 2 aliphatic rings. The van der Waals surface area contributed by atoms with Crippen LogP contribution >= 0.6 is 12.4 Å². The van der Waals surface area contributed by atoms with Gasteiger partial charge in [0.05, 0.1) is 12.7 Å². The summed E-state index contributed by atoms with van der Waals surface area (Å²) in [6.07, 6.45) is 2.92. The molecule has 6 heteroatoms. The largest absolute Gasteiger partial charge is 0.376 e. The summed E-state index contributed by atoms with van der Waals surface area (Å²) in [5.41, 5.74) is 5.69. The highest BCUT2D eigenvalue weighted by Gasteiger charge is 2.34. The molecule has 2 fully saturated rings. The summed E-state index contributed by atoms with van der Waals surface area (Å²) in [4.78, 5) is 14.3. The van der Waals surface area contributed by atoms with Gasteiger partial charge in [-0.05, 0) is 45.6 Å². The quantitative estimate of drug-likeness (QED) is 0.828. The van der Waals surface area contributed by atoms with E-state index in [-0.39, 0.29) is 36.6 Å². The number of halogens is 1. The van der Waals surface area contributed by atoms with Gasteiger partial charge in [-0.2, -0.15) is 0 Å². The van der Waals surface area contributed by atoms with Gasteiger partial charge in [-0.1, -0.05) is 0 Å². The highest BCUT2D eigenvalue weighted by molar-refractivity contribution is 5.85. The first-order valence-corrected chi connectivity index (χ1v) is 7.35. The van der Waals surface area contributed by atoms with Crippen molar-refractivity contribution in [2.75, 3.05) is 26.3 Å². The van der Waals surface area contributed by atoms with Gasteiger partial charge in [-0.3, -0.25) is 4.79 Å². The molecule has 0 spiro atoms. The fourth-order valence-electron chi connectivity index (χ4n) is 2.95. The van der Waals surface area contributed by atoms with E-state index in [1.54, 1.807) is 0 Å². The van der Waals surface area contributed by atoms with E-state index in [0.717, 1.165) is 32.4 Å². The van der Waals surface area contributed by atoms with E-state index >= 15 is 0 Å². The number of hydrogen-bond acceptors (Lipinski definition) is 4. The monoisotopic (exact) mass is 306 g/mol. The summed E-state index contributed by atoms with van der Waals surface area (Å²) in [5, 5.41) is 0. The highest BCUT2D eigenvalue weighted by atomic mass is 35.5. The summed E-state index contributed by atoms with van der Waals surface area (Å²) in [7, 11) is 0. The normalized spacial score (nSPS) is 31.1. The molecule has 2 saturated heterocycles. The molecular weight excluding hydrogens is 280 g/mol. The first-order chi connectivity index (χ1) is 9.11. The molecular formula is C14H27ClN2O3. The third-order valence-corrected chi connectivity index (χ3v) is 4.18. The standard InChI is InChI=1S/C14H26N2O3.ClH/c1-10-6-12(7-15)8-16(10)14(17)11(2)19-9-13-4-3-5-18-13;/h10-13H,3-9,15H2,1-2H3;1H. The Morgan fingerprint density at radius 2 is 2.30 bits per heavy atom. The molecule has 5 nitrogen and oxygen atoms in total. The Bertz CT molecular complexity index is 311. The van der Waals surface area contributed by atoms with Gasteiger partial charge in [0, 0.05) is 19.2 Å². The van der Waals surface area contributed by atoms with E-state index in [1.807, 2.05) is 11.8 Å². The van der Waals surface area contributed by atoms with Gasteiger partial charge in [-0.15, -0.1) is 12.4 Å². The summed E-state index contributed by atoms with van der Waals surface area (Å²) in [5.74, 6) is 0.519. The number of hydrogen-bond donors (Lipinski definition) is 1. The van der Waals surface area contributed by atoms with Crippen LogP contribution in [0, 0.1) is 5.92 Å². The van der Waals surface area contributed by atoms with Crippen LogP contribution in [0.15, 0.2) is 0 Å². The van der Waals surface area contributed by atoms with Crippen molar-refractivity contribution in [2.45, 2.75) is 51.4 Å². The first kappa shape index (κ1) is 17.7. The van der Waals surface area contributed by atoms with Gasteiger partial charge < -0.3 is 20.1 Å². The number of ether oxygens (including phenoxy) is 2. The average molecular weight is 307 g/mol. The maximum atomic E-state index is 12.3. The molecule has 0 radical (unpaired) electrons. The minimum absolute atomic E-state index is 0. The molecule has 4 unspecified atom stereocenters. The number of nitrogens with two attached hydrogens (primary N) is 1. The zero-order valence-corrected chi connectivity index (χ0v) is 13.2. The zero-order chi connectivity index (χ0) is 13.8. The Hall–Kier alpha value is -0.360. The molecule has 0 aromatic carbocycles. The van der Waals surface area contributed by atoms with Gasteiger partial charge >= 0.3 is 0 Å². The fraction of sp³-hybridized carbons (Fsp3) is 0.929. The summed E-state index contributed by atoms with van der Waals surface area (Å²) in [6.45, 7) is 6.68. The predicted molar refractivity (Wildman–Crippen MR) is 80.0 cm³/mol. The zero-order valence-electron chi connectivity index (χ0n) is 12.4. The maximum absolute atomic E-state index is 12.3. The van der Waals surface area contributed by atoms with Gasteiger partial charge in [0.2, 0.25) is 0 Å². The Morgan fingerprint density at radius 3 is 2.85 bits per heavy atom. The van der Waals surface area contributed by atoms with Crippen molar-refractivity contribution >= 4 is 18.3 Å². The van der Waals surface area contributed by atoms with Crippen LogP contribution in [0.25, 0.3) is 0 Å². The number of likely N-dealkylation sites (tertiary alicyclic amines) is 1. The van der Waals surface area contributed by atoms with Crippen molar-refractivity contribution < 1.29 is 14.3 Å². The lowest BCUT2D eigenvalue weighted by Crippen LogP contribution is -2.42. The predicted octanol–water partition coefficient (Wildman–Crippen LogP) is 1.19. The molecule has 0 saturated carbocycles. The highest BCUT2D eigenvalue weighted by Crippen LogP contribution is 2.23.